The summed E-state index contributed by atoms with van der Waals surface area (Å²) in [5.41, 5.74) is 8.26. The quantitative estimate of drug-likeness (QED) is 0.387. The standard InChI is InChI=1S/C15H16N2O3/c1-8-4-5-11(16)12(6-8)17-10(3)14-13(18)7-9(2)20-15(14)19/h4-7,14H,16H2,1-3H3/t14-/m1/s1. The molecule has 20 heavy (non-hydrogen) atoms. The number of carbonyl (C=O) groups is 2. The first-order valence-corrected chi connectivity index (χ1v) is 6.23. The molecule has 5 heteroatoms. The van der Waals surface area contributed by atoms with Crippen molar-refractivity contribution in [3.05, 3.63) is 35.6 Å². The Kier molecular flexibility index (Phi) is 3.70. The van der Waals surface area contributed by atoms with Gasteiger partial charge >= 0.3 is 5.97 Å². The fourth-order valence-corrected chi connectivity index (χ4v) is 2.03. The van der Waals surface area contributed by atoms with Gasteiger partial charge in [0.15, 0.2) is 11.7 Å². The van der Waals surface area contributed by atoms with Crippen molar-refractivity contribution in [3.8, 4) is 0 Å². The van der Waals surface area contributed by atoms with E-state index in [1.54, 1.807) is 26.0 Å². The van der Waals surface area contributed by atoms with Crippen LogP contribution in [0.5, 0.6) is 0 Å². The van der Waals surface area contributed by atoms with Crippen LogP contribution < -0.4 is 5.73 Å². The number of cyclic esters (lactones) is 1. The van der Waals surface area contributed by atoms with E-state index in [0.29, 0.717) is 22.8 Å². The monoisotopic (exact) mass is 272 g/mol. The first-order valence-electron chi connectivity index (χ1n) is 6.23. The number of esters is 1. The molecule has 1 aliphatic rings. The number of nitrogens with zero attached hydrogens (tertiary/aromatic N) is 1. The summed E-state index contributed by atoms with van der Waals surface area (Å²) >= 11 is 0. The molecule has 1 aliphatic heterocycles. The molecule has 2 N–H and O–H groups in total. The van der Waals surface area contributed by atoms with Crippen LogP contribution >= 0.6 is 0 Å². The molecule has 104 valence electrons. The van der Waals surface area contributed by atoms with Crippen LogP contribution in [-0.2, 0) is 14.3 Å². The number of benzene rings is 1. The van der Waals surface area contributed by atoms with Crippen LogP contribution in [0.25, 0.3) is 0 Å². The average molecular weight is 272 g/mol. The maximum absolute atomic E-state index is 11.9. The second kappa shape index (κ2) is 5.28. The number of hydrogen-bond acceptors (Lipinski definition) is 5. The molecule has 0 saturated carbocycles. The summed E-state index contributed by atoms with van der Waals surface area (Å²) in [7, 11) is 0. The number of ketones is 1. The lowest BCUT2D eigenvalue weighted by molar-refractivity contribution is -0.146. The molecule has 1 aromatic rings. The van der Waals surface area contributed by atoms with Gasteiger partial charge in [-0.3, -0.25) is 14.6 Å². The Morgan fingerprint density at radius 3 is 2.65 bits per heavy atom. The smallest absolute Gasteiger partial charge is 0.327 e. The lowest BCUT2D eigenvalue weighted by atomic mass is 9.96. The van der Waals surface area contributed by atoms with E-state index in [4.69, 9.17) is 10.5 Å². The number of nitrogen functional groups attached to an aromatic ring is 1. The van der Waals surface area contributed by atoms with Crippen molar-refractivity contribution in [1.29, 1.82) is 0 Å². The van der Waals surface area contributed by atoms with Gasteiger partial charge in [0, 0.05) is 11.8 Å². The van der Waals surface area contributed by atoms with Crippen molar-refractivity contribution >= 4 is 28.8 Å². The van der Waals surface area contributed by atoms with Crippen molar-refractivity contribution in [2.75, 3.05) is 5.73 Å². The first-order chi connectivity index (χ1) is 9.38. The fourth-order valence-electron chi connectivity index (χ4n) is 2.03. The van der Waals surface area contributed by atoms with E-state index in [1.165, 1.54) is 6.08 Å². The molecule has 0 fully saturated rings. The summed E-state index contributed by atoms with van der Waals surface area (Å²) in [6.07, 6.45) is 1.31. The van der Waals surface area contributed by atoms with E-state index < -0.39 is 11.9 Å². The average Bonchev–Trinajstić information content (AvgIpc) is 2.32. The summed E-state index contributed by atoms with van der Waals surface area (Å²) in [6.45, 7) is 5.11. The zero-order valence-electron chi connectivity index (χ0n) is 11.6. The van der Waals surface area contributed by atoms with E-state index >= 15 is 0 Å². The number of allylic oxidation sites excluding steroid dienone is 2. The molecule has 0 aromatic heterocycles. The summed E-state index contributed by atoms with van der Waals surface area (Å²) in [4.78, 5) is 28.0. The number of aliphatic imine (C=N–C) groups is 1. The summed E-state index contributed by atoms with van der Waals surface area (Å²) in [5.74, 6) is -1.59. The number of ether oxygens (including phenoxy) is 1. The zero-order chi connectivity index (χ0) is 14.9. The molecule has 0 bridgehead atoms. The molecule has 0 radical (unpaired) electrons. The van der Waals surface area contributed by atoms with Crippen LogP contribution in [0.4, 0.5) is 11.4 Å². The van der Waals surface area contributed by atoms with Gasteiger partial charge in [-0.25, -0.2) is 0 Å². The number of carbonyl (C=O) groups excluding carboxylic acids is 2. The second-order valence-corrected chi connectivity index (χ2v) is 4.83. The predicted octanol–water partition coefficient (Wildman–Crippen LogP) is 2.32. The summed E-state index contributed by atoms with van der Waals surface area (Å²) in [6, 6.07) is 5.42. The van der Waals surface area contributed by atoms with Gasteiger partial charge in [0.25, 0.3) is 0 Å². The summed E-state index contributed by atoms with van der Waals surface area (Å²) < 4.78 is 4.97. The molecule has 1 atom stereocenters. The minimum absolute atomic E-state index is 0.305. The molecule has 1 aromatic carbocycles. The Morgan fingerprint density at radius 2 is 2.00 bits per heavy atom. The van der Waals surface area contributed by atoms with Gasteiger partial charge in [-0.15, -0.1) is 0 Å². The highest BCUT2D eigenvalue weighted by Crippen LogP contribution is 2.25. The van der Waals surface area contributed by atoms with Crippen molar-refractivity contribution in [3.63, 3.8) is 0 Å². The molecule has 0 unspecified atom stereocenters. The lowest BCUT2D eigenvalue weighted by Gasteiger charge is -2.18. The van der Waals surface area contributed by atoms with Crippen molar-refractivity contribution in [1.82, 2.24) is 0 Å². The van der Waals surface area contributed by atoms with Crippen LogP contribution in [0.15, 0.2) is 35.0 Å². The van der Waals surface area contributed by atoms with E-state index in [1.807, 2.05) is 13.0 Å². The third-order valence-electron chi connectivity index (χ3n) is 3.03. The normalized spacial score (nSPS) is 19.6. The number of hydrogen-bond donors (Lipinski definition) is 1. The molecule has 1 heterocycles. The Balaban J connectivity index is 2.38. The predicted molar refractivity (Wildman–Crippen MR) is 76.7 cm³/mol. The first kappa shape index (κ1) is 14.0. The summed E-state index contributed by atoms with van der Waals surface area (Å²) in [5, 5.41) is 0. The fraction of sp³-hybridized carbons (Fsp3) is 0.267. The molecule has 0 amide bonds. The minimum Gasteiger partial charge on any atom is -0.430 e. The topological polar surface area (TPSA) is 81.8 Å². The van der Waals surface area contributed by atoms with E-state index in [2.05, 4.69) is 4.99 Å². The number of nitrogens with two attached hydrogens (primary N) is 1. The SMILES string of the molecule is CC1=CC(=O)[C@@H](C(C)=Nc2cc(C)ccc2N)C(=O)O1. The van der Waals surface area contributed by atoms with Crippen LogP contribution in [-0.4, -0.2) is 17.5 Å². The Hall–Kier alpha value is -2.43. The molecule has 2 rings (SSSR count). The van der Waals surface area contributed by atoms with E-state index in [-0.39, 0.29) is 5.78 Å². The Labute approximate surface area is 117 Å². The van der Waals surface area contributed by atoms with Gasteiger partial charge in [0.05, 0.1) is 11.4 Å². The van der Waals surface area contributed by atoms with Crippen LogP contribution in [0, 0.1) is 12.8 Å². The van der Waals surface area contributed by atoms with Crippen LogP contribution in [0.1, 0.15) is 19.4 Å². The Morgan fingerprint density at radius 1 is 1.30 bits per heavy atom. The van der Waals surface area contributed by atoms with Gasteiger partial charge < -0.3 is 10.5 Å². The zero-order valence-corrected chi connectivity index (χ0v) is 11.6. The highest BCUT2D eigenvalue weighted by Gasteiger charge is 2.33. The molecular weight excluding hydrogens is 256 g/mol. The maximum Gasteiger partial charge on any atom is 0.327 e. The van der Waals surface area contributed by atoms with Crippen LogP contribution in [0.3, 0.4) is 0 Å². The van der Waals surface area contributed by atoms with Crippen molar-refractivity contribution < 1.29 is 14.3 Å². The largest absolute Gasteiger partial charge is 0.430 e. The molecule has 0 spiro atoms. The maximum atomic E-state index is 11.9. The van der Waals surface area contributed by atoms with Gasteiger partial charge in [0.2, 0.25) is 0 Å². The Bertz CT molecular complexity index is 645. The van der Waals surface area contributed by atoms with Gasteiger partial charge in [-0.1, -0.05) is 6.07 Å². The van der Waals surface area contributed by atoms with Crippen LogP contribution in [0.2, 0.25) is 0 Å². The lowest BCUT2D eigenvalue weighted by Crippen LogP contribution is -2.34. The highest BCUT2D eigenvalue weighted by atomic mass is 16.5. The van der Waals surface area contributed by atoms with Crippen molar-refractivity contribution in [2.24, 2.45) is 10.9 Å². The van der Waals surface area contributed by atoms with Gasteiger partial charge in [0.1, 0.15) is 5.76 Å². The van der Waals surface area contributed by atoms with E-state index in [0.717, 1.165) is 5.56 Å². The van der Waals surface area contributed by atoms with Gasteiger partial charge in [-0.2, -0.15) is 0 Å². The molecular formula is C15H16N2O3. The molecule has 5 nitrogen and oxygen atoms in total. The number of aryl methyl sites for hydroxylation is 1. The van der Waals surface area contributed by atoms with E-state index in [9.17, 15) is 9.59 Å². The highest BCUT2D eigenvalue weighted by molar-refractivity contribution is 6.23. The van der Waals surface area contributed by atoms with Gasteiger partial charge in [-0.05, 0) is 38.5 Å². The minimum atomic E-state index is -0.987. The molecule has 0 aliphatic carbocycles. The van der Waals surface area contributed by atoms with Crippen molar-refractivity contribution in [2.45, 2.75) is 20.8 Å². The number of rotatable bonds is 2. The number of anilines is 1. The molecule has 0 saturated heterocycles. The second-order valence-electron chi connectivity index (χ2n) is 4.83. The third kappa shape index (κ3) is 2.77. The third-order valence-corrected chi connectivity index (χ3v) is 3.03.